The van der Waals surface area contributed by atoms with Crippen LogP contribution in [-0.4, -0.2) is 19.8 Å². The first kappa shape index (κ1) is 19.5. The summed E-state index contributed by atoms with van der Waals surface area (Å²) < 4.78 is 11.7. The van der Waals surface area contributed by atoms with Crippen molar-refractivity contribution in [3.8, 4) is 24.2 Å². The molecule has 0 saturated heterocycles. The molecule has 0 radical (unpaired) electrons. The average Bonchev–Trinajstić information content (AvgIpc) is 2.78. The number of terminal acetylenes is 1. The van der Waals surface area contributed by atoms with Crippen molar-refractivity contribution in [1.82, 2.24) is 0 Å². The van der Waals surface area contributed by atoms with Crippen molar-refractivity contribution >= 4 is 0 Å². The lowest BCUT2D eigenvalue weighted by molar-refractivity contribution is 0.0352. The molecule has 2 heteroatoms. The van der Waals surface area contributed by atoms with Gasteiger partial charge in [0.2, 0.25) is 0 Å². The number of benzene rings is 3. The Kier molecular flexibility index (Phi) is 7.05. The smallest absolute Gasteiger partial charge is 0.145 e. The number of rotatable bonds is 7. The largest absolute Gasteiger partial charge is 0.356 e. The van der Waals surface area contributed by atoms with E-state index in [1.165, 1.54) is 0 Å². The topological polar surface area (TPSA) is 18.5 Å². The summed E-state index contributed by atoms with van der Waals surface area (Å²) in [5.74, 6) is 8.42. The molecule has 0 heterocycles. The Bertz CT molecular complexity index is 849. The number of ether oxygens (including phenoxy) is 2. The Labute approximate surface area is 167 Å². The first-order valence-electron chi connectivity index (χ1n) is 9.15. The van der Waals surface area contributed by atoms with E-state index in [1.807, 2.05) is 54.6 Å². The van der Waals surface area contributed by atoms with Gasteiger partial charge in [0.25, 0.3) is 0 Å². The summed E-state index contributed by atoms with van der Waals surface area (Å²) in [6.07, 6.45) is 5.17. The van der Waals surface area contributed by atoms with Crippen LogP contribution in [0.3, 0.4) is 0 Å². The van der Waals surface area contributed by atoms with E-state index in [0.717, 1.165) is 16.7 Å². The van der Waals surface area contributed by atoms with E-state index in [0.29, 0.717) is 6.61 Å². The normalized spacial score (nSPS) is 10.5. The highest BCUT2D eigenvalue weighted by Crippen LogP contribution is 2.40. The fraction of sp³-hybridized carbons (Fsp3) is 0.154. The molecular weight excluding hydrogens is 344 g/mol. The maximum absolute atomic E-state index is 6.52. The summed E-state index contributed by atoms with van der Waals surface area (Å²) in [6, 6.07) is 30.7. The van der Waals surface area contributed by atoms with Gasteiger partial charge >= 0.3 is 0 Å². The Morgan fingerprint density at radius 2 is 1.04 bits per heavy atom. The van der Waals surface area contributed by atoms with Gasteiger partial charge in [-0.3, -0.25) is 0 Å². The molecule has 0 aromatic heterocycles. The molecule has 0 amide bonds. The molecule has 0 saturated carbocycles. The van der Waals surface area contributed by atoms with Crippen LogP contribution in [-0.2, 0) is 15.1 Å². The van der Waals surface area contributed by atoms with Gasteiger partial charge < -0.3 is 9.47 Å². The fourth-order valence-corrected chi connectivity index (χ4v) is 3.18. The van der Waals surface area contributed by atoms with Crippen LogP contribution in [0.1, 0.15) is 16.7 Å². The van der Waals surface area contributed by atoms with Crippen LogP contribution in [0.5, 0.6) is 0 Å². The zero-order valence-electron chi connectivity index (χ0n) is 15.7. The van der Waals surface area contributed by atoms with Crippen molar-refractivity contribution in [2.24, 2.45) is 0 Å². The molecule has 0 fully saturated rings. The lowest BCUT2D eigenvalue weighted by Gasteiger charge is -2.35. The van der Waals surface area contributed by atoms with Gasteiger partial charge in [-0.1, -0.05) is 109 Å². The molecule has 3 aromatic rings. The van der Waals surface area contributed by atoms with Crippen molar-refractivity contribution < 1.29 is 9.47 Å². The first-order chi connectivity index (χ1) is 13.9. The van der Waals surface area contributed by atoms with Crippen molar-refractivity contribution in [2.75, 3.05) is 19.8 Å². The van der Waals surface area contributed by atoms with Gasteiger partial charge in [0.05, 0.1) is 0 Å². The zero-order chi connectivity index (χ0) is 19.5. The van der Waals surface area contributed by atoms with E-state index in [9.17, 15) is 0 Å². The number of hydrogen-bond acceptors (Lipinski definition) is 2. The van der Waals surface area contributed by atoms with Gasteiger partial charge in [-0.05, 0) is 16.7 Å². The second-order valence-corrected chi connectivity index (χ2v) is 6.12. The predicted octanol–water partition coefficient (Wildman–Crippen LogP) is 4.65. The summed E-state index contributed by atoms with van der Waals surface area (Å²) in [4.78, 5) is 0. The standard InChI is InChI=1S/C26H22O2/c1-2-20-27-21-12-13-22-28-26(23-14-6-3-7-15-23,24-16-8-4-9-17-24)25-18-10-5-11-19-25/h1,3-11,14-19H,20-22H2. The maximum atomic E-state index is 6.52. The van der Waals surface area contributed by atoms with E-state index < -0.39 is 5.60 Å². The molecular formula is C26H22O2. The van der Waals surface area contributed by atoms with Gasteiger partial charge in [0.1, 0.15) is 25.4 Å². The van der Waals surface area contributed by atoms with Crippen LogP contribution >= 0.6 is 0 Å². The van der Waals surface area contributed by atoms with Gasteiger partial charge in [-0.2, -0.15) is 0 Å². The summed E-state index contributed by atoms with van der Waals surface area (Å²) in [6.45, 7) is 0.818. The Balaban J connectivity index is 2.01. The Hall–Kier alpha value is -3.30. The third-order valence-corrected chi connectivity index (χ3v) is 4.39. The van der Waals surface area contributed by atoms with E-state index >= 15 is 0 Å². The van der Waals surface area contributed by atoms with Crippen LogP contribution in [0.2, 0.25) is 0 Å². The highest BCUT2D eigenvalue weighted by molar-refractivity contribution is 5.47. The summed E-state index contributed by atoms with van der Waals surface area (Å²) in [5.41, 5.74) is 2.41. The Morgan fingerprint density at radius 1 is 0.607 bits per heavy atom. The predicted molar refractivity (Wildman–Crippen MR) is 113 cm³/mol. The molecule has 2 nitrogen and oxygen atoms in total. The molecule has 138 valence electrons. The Morgan fingerprint density at radius 3 is 1.46 bits per heavy atom. The van der Waals surface area contributed by atoms with Crippen LogP contribution in [0.25, 0.3) is 0 Å². The second-order valence-electron chi connectivity index (χ2n) is 6.12. The molecule has 3 rings (SSSR count). The van der Waals surface area contributed by atoms with Gasteiger partial charge in [-0.15, -0.1) is 6.42 Å². The minimum Gasteiger partial charge on any atom is -0.356 e. The molecule has 0 unspecified atom stereocenters. The third kappa shape index (κ3) is 4.51. The molecule has 28 heavy (non-hydrogen) atoms. The molecule has 0 aliphatic heterocycles. The quantitative estimate of drug-likeness (QED) is 0.344. The minimum atomic E-state index is -0.752. The number of hydrogen-bond donors (Lipinski definition) is 0. The third-order valence-electron chi connectivity index (χ3n) is 4.39. The molecule has 0 atom stereocenters. The van der Waals surface area contributed by atoms with Crippen LogP contribution in [0.4, 0.5) is 0 Å². The highest BCUT2D eigenvalue weighted by atomic mass is 16.5. The molecule has 0 bridgehead atoms. The van der Waals surface area contributed by atoms with Crippen LogP contribution in [0, 0.1) is 24.2 Å². The second kappa shape index (κ2) is 10.1. The highest BCUT2D eigenvalue weighted by Gasteiger charge is 2.37. The fourth-order valence-electron chi connectivity index (χ4n) is 3.18. The summed E-state index contributed by atoms with van der Waals surface area (Å²) >= 11 is 0. The van der Waals surface area contributed by atoms with Gasteiger partial charge in [0, 0.05) is 0 Å². The molecule has 0 aliphatic rings. The lowest BCUT2D eigenvalue weighted by atomic mass is 9.80. The summed E-state index contributed by atoms with van der Waals surface area (Å²) in [5, 5.41) is 0. The van der Waals surface area contributed by atoms with Crippen molar-refractivity contribution in [1.29, 1.82) is 0 Å². The van der Waals surface area contributed by atoms with E-state index in [-0.39, 0.29) is 13.2 Å². The molecule has 0 aliphatic carbocycles. The van der Waals surface area contributed by atoms with Gasteiger partial charge in [0.15, 0.2) is 0 Å². The zero-order valence-corrected chi connectivity index (χ0v) is 15.7. The van der Waals surface area contributed by atoms with Gasteiger partial charge in [-0.25, -0.2) is 0 Å². The van der Waals surface area contributed by atoms with E-state index in [4.69, 9.17) is 15.9 Å². The van der Waals surface area contributed by atoms with Crippen LogP contribution < -0.4 is 0 Å². The van der Waals surface area contributed by atoms with Crippen LogP contribution in [0.15, 0.2) is 91.0 Å². The van der Waals surface area contributed by atoms with Crippen molar-refractivity contribution in [3.05, 3.63) is 108 Å². The first-order valence-corrected chi connectivity index (χ1v) is 9.15. The summed E-state index contributed by atoms with van der Waals surface area (Å²) in [7, 11) is 0. The maximum Gasteiger partial charge on any atom is 0.145 e. The SMILES string of the molecule is C#CCOCC#CCOC(c1ccccc1)(c1ccccc1)c1ccccc1. The molecule has 0 N–H and O–H groups in total. The van der Waals surface area contributed by atoms with Crippen molar-refractivity contribution in [2.45, 2.75) is 5.60 Å². The molecule has 0 spiro atoms. The van der Waals surface area contributed by atoms with Crippen molar-refractivity contribution in [3.63, 3.8) is 0 Å². The van der Waals surface area contributed by atoms with E-state index in [1.54, 1.807) is 0 Å². The lowest BCUT2D eigenvalue weighted by Crippen LogP contribution is -2.33. The molecule has 3 aromatic carbocycles. The van der Waals surface area contributed by atoms with E-state index in [2.05, 4.69) is 54.2 Å². The monoisotopic (exact) mass is 366 g/mol. The average molecular weight is 366 g/mol. The minimum absolute atomic E-state index is 0.261.